The molecule has 1 nitrogen and oxygen atoms in total. The standard InChI is InChI=1S/C40H36NSi/c1-25-24-34-31(17-11-21-36(34)41-23-22-28-13-6-8-20-35(28)41)37(25)32-18-10-19-33-39(32)38(26(2)40(33)42(3)4)30-16-9-14-27-12-5-7-15-29(27)30/h5-21,24,37,40H,22-23H2,1-4H3. The minimum absolute atomic E-state index is 0.258. The molecule has 0 amide bonds. The minimum atomic E-state index is -0.602. The van der Waals surface area contributed by atoms with Crippen molar-refractivity contribution in [1.29, 1.82) is 0 Å². The van der Waals surface area contributed by atoms with Gasteiger partial charge in [0.1, 0.15) is 0 Å². The van der Waals surface area contributed by atoms with Crippen LogP contribution >= 0.6 is 0 Å². The summed E-state index contributed by atoms with van der Waals surface area (Å²) in [6.45, 7) is 10.8. The average molecular weight is 559 g/mol. The third-order valence-electron chi connectivity index (χ3n) is 9.90. The normalized spacial score (nSPS) is 19.0. The lowest BCUT2D eigenvalue weighted by atomic mass is 9.81. The van der Waals surface area contributed by atoms with Gasteiger partial charge in [0.2, 0.25) is 0 Å². The van der Waals surface area contributed by atoms with E-state index in [0.29, 0.717) is 5.54 Å². The van der Waals surface area contributed by atoms with E-state index in [1.807, 2.05) is 0 Å². The van der Waals surface area contributed by atoms with Crippen LogP contribution in [0.3, 0.4) is 0 Å². The van der Waals surface area contributed by atoms with Crippen molar-refractivity contribution in [1.82, 2.24) is 0 Å². The fourth-order valence-electron chi connectivity index (χ4n) is 8.24. The number of fused-ring (bicyclic) bond motifs is 4. The molecule has 5 aromatic rings. The lowest BCUT2D eigenvalue weighted by Gasteiger charge is -2.25. The number of hydrogen-bond acceptors (Lipinski definition) is 1. The van der Waals surface area contributed by atoms with E-state index in [1.54, 1.807) is 5.57 Å². The molecule has 205 valence electrons. The second kappa shape index (κ2) is 9.71. The highest BCUT2D eigenvalue weighted by Crippen LogP contribution is 2.54. The summed E-state index contributed by atoms with van der Waals surface area (Å²) in [7, 11) is -0.602. The maximum atomic E-state index is 2.54. The molecular weight excluding hydrogens is 523 g/mol. The Morgan fingerprint density at radius 3 is 2.26 bits per heavy atom. The number of anilines is 2. The quantitative estimate of drug-likeness (QED) is 0.198. The predicted molar refractivity (Wildman–Crippen MR) is 181 cm³/mol. The summed E-state index contributed by atoms with van der Waals surface area (Å²) in [4.78, 5) is 2.54. The van der Waals surface area contributed by atoms with Crippen molar-refractivity contribution in [2.75, 3.05) is 11.4 Å². The van der Waals surface area contributed by atoms with Gasteiger partial charge in [-0.3, -0.25) is 0 Å². The van der Waals surface area contributed by atoms with Crippen molar-refractivity contribution in [3.63, 3.8) is 0 Å². The van der Waals surface area contributed by atoms with E-state index in [1.165, 1.54) is 72.2 Å². The van der Waals surface area contributed by atoms with Crippen LogP contribution in [0.15, 0.2) is 114 Å². The van der Waals surface area contributed by atoms with Gasteiger partial charge in [0.05, 0.1) is 8.80 Å². The van der Waals surface area contributed by atoms with E-state index in [-0.39, 0.29) is 5.92 Å². The third-order valence-corrected chi connectivity index (χ3v) is 11.8. The van der Waals surface area contributed by atoms with Gasteiger partial charge in [0.15, 0.2) is 0 Å². The number of hydrogen-bond donors (Lipinski definition) is 0. The molecule has 0 saturated heterocycles. The first kappa shape index (κ1) is 25.6. The molecule has 0 aromatic heterocycles. The number of benzene rings is 5. The SMILES string of the molecule is CC1=Cc2c(cccc2N2CCc3ccccc32)C1c1cccc2c1C(c1cccc3ccccc13)=C(C)C2[Si](C)C. The summed E-state index contributed by atoms with van der Waals surface area (Å²) in [5.41, 5.74) is 17.9. The molecule has 42 heavy (non-hydrogen) atoms. The highest BCUT2D eigenvalue weighted by Gasteiger charge is 2.38. The van der Waals surface area contributed by atoms with Gasteiger partial charge in [-0.25, -0.2) is 0 Å². The molecule has 0 spiro atoms. The molecular formula is C40H36NSi. The predicted octanol–water partition coefficient (Wildman–Crippen LogP) is 10.3. The van der Waals surface area contributed by atoms with E-state index in [9.17, 15) is 0 Å². The van der Waals surface area contributed by atoms with Crippen LogP contribution in [0.2, 0.25) is 13.1 Å². The van der Waals surface area contributed by atoms with Gasteiger partial charge in [0.25, 0.3) is 0 Å². The molecule has 2 atom stereocenters. The molecule has 2 unspecified atom stereocenters. The first-order valence-corrected chi connectivity index (χ1v) is 17.9. The fraction of sp³-hybridized carbons (Fsp3) is 0.200. The van der Waals surface area contributed by atoms with E-state index in [4.69, 9.17) is 0 Å². The van der Waals surface area contributed by atoms with Crippen molar-refractivity contribution >= 4 is 42.6 Å². The number of rotatable bonds is 4. The molecule has 1 heterocycles. The van der Waals surface area contributed by atoms with Gasteiger partial charge >= 0.3 is 0 Å². The first-order chi connectivity index (χ1) is 20.5. The average Bonchev–Trinajstić information content (AvgIpc) is 3.67. The molecule has 1 aliphatic heterocycles. The molecule has 0 saturated carbocycles. The Kier molecular flexibility index (Phi) is 5.91. The maximum absolute atomic E-state index is 2.54. The Bertz CT molecular complexity index is 1950. The van der Waals surface area contributed by atoms with E-state index in [2.05, 4.69) is 141 Å². The summed E-state index contributed by atoms with van der Waals surface area (Å²) in [5, 5.41) is 2.67. The van der Waals surface area contributed by atoms with Crippen LogP contribution in [0.25, 0.3) is 22.4 Å². The summed E-state index contributed by atoms with van der Waals surface area (Å²) >= 11 is 0. The van der Waals surface area contributed by atoms with Gasteiger partial charge < -0.3 is 4.90 Å². The zero-order valence-electron chi connectivity index (χ0n) is 24.9. The van der Waals surface area contributed by atoms with Crippen LogP contribution in [0.4, 0.5) is 11.4 Å². The molecule has 0 N–H and O–H groups in total. The molecule has 2 heteroatoms. The van der Waals surface area contributed by atoms with Gasteiger partial charge in [-0.2, -0.15) is 0 Å². The lowest BCUT2D eigenvalue weighted by Crippen LogP contribution is -2.16. The number of allylic oxidation sites excluding steroid dienone is 2. The fourth-order valence-corrected chi connectivity index (χ4v) is 10.1. The molecule has 1 radical (unpaired) electrons. The van der Waals surface area contributed by atoms with E-state index in [0.717, 1.165) is 13.0 Å². The summed E-state index contributed by atoms with van der Waals surface area (Å²) in [6, 6.07) is 38.8. The van der Waals surface area contributed by atoms with Crippen LogP contribution in [-0.4, -0.2) is 15.3 Å². The van der Waals surface area contributed by atoms with Crippen LogP contribution in [0, 0.1) is 0 Å². The Hall–Kier alpha value is -4.14. The maximum Gasteiger partial charge on any atom is 0.0552 e. The summed E-state index contributed by atoms with van der Waals surface area (Å²) in [5.74, 6) is 0.258. The van der Waals surface area contributed by atoms with Gasteiger partial charge in [-0.15, -0.1) is 0 Å². The molecule has 0 bridgehead atoms. The minimum Gasteiger partial charge on any atom is -0.340 e. The summed E-state index contributed by atoms with van der Waals surface area (Å²) in [6.07, 6.45) is 3.58. The highest BCUT2D eigenvalue weighted by molar-refractivity contribution is 6.59. The van der Waals surface area contributed by atoms with Crippen LogP contribution in [-0.2, 0) is 6.42 Å². The Morgan fingerprint density at radius 2 is 1.38 bits per heavy atom. The van der Waals surface area contributed by atoms with E-state index < -0.39 is 8.80 Å². The van der Waals surface area contributed by atoms with Crippen molar-refractivity contribution < 1.29 is 0 Å². The molecule has 0 fully saturated rings. The Labute approximate surface area is 251 Å². The molecule has 2 aliphatic carbocycles. The monoisotopic (exact) mass is 558 g/mol. The second-order valence-corrected chi connectivity index (χ2v) is 15.3. The van der Waals surface area contributed by atoms with Crippen molar-refractivity contribution in [2.45, 2.75) is 44.8 Å². The summed E-state index contributed by atoms with van der Waals surface area (Å²) < 4.78 is 0. The van der Waals surface area contributed by atoms with Crippen molar-refractivity contribution in [3.8, 4) is 0 Å². The topological polar surface area (TPSA) is 3.24 Å². The highest BCUT2D eigenvalue weighted by atomic mass is 28.3. The van der Waals surface area contributed by atoms with Gasteiger partial charge in [-0.1, -0.05) is 121 Å². The smallest absolute Gasteiger partial charge is 0.0552 e. The molecule has 5 aromatic carbocycles. The van der Waals surface area contributed by atoms with Crippen molar-refractivity contribution in [3.05, 3.63) is 153 Å². The van der Waals surface area contributed by atoms with Crippen LogP contribution in [0.1, 0.15) is 64.3 Å². The number of nitrogens with zero attached hydrogens (tertiary/aromatic N) is 1. The van der Waals surface area contributed by atoms with Crippen molar-refractivity contribution in [2.24, 2.45) is 0 Å². The van der Waals surface area contributed by atoms with Crippen LogP contribution in [0.5, 0.6) is 0 Å². The van der Waals surface area contributed by atoms with Gasteiger partial charge in [0, 0.05) is 29.4 Å². The molecule has 8 rings (SSSR count). The third kappa shape index (κ3) is 3.68. The second-order valence-electron chi connectivity index (χ2n) is 12.5. The Morgan fingerprint density at radius 1 is 0.690 bits per heavy atom. The van der Waals surface area contributed by atoms with E-state index >= 15 is 0 Å². The zero-order valence-corrected chi connectivity index (χ0v) is 25.9. The van der Waals surface area contributed by atoms with Crippen LogP contribution < -0.4 is 4.90 Å². The largest absolute Gasteiger partial charge is 0.340 e. The lowest BCUT2D eigenvalue weighted by molar-refractivity contribution is 0.958. The zero-order chi connectivity index (χ0) is 28.5. The number of para-hydroxylation sites is 1. The molecule has 3 aliphatic rings. The van der Waals surface area contributed by atoms with Gasteiger partial charge in [-0.05, 0) is 87.7 Å². The first-order valence-electron chi connectivity index (χ1n) is 15.3. The Balaban J connectivity index is 1.33.